The minimum absolute atomic E-state index is 0.167. The highest BCUT2D eigenvalue weighted by molar-refractivity contribution is 6.05. The van der Waals surface area contributed by atoms with E-state index < -0.39 is 17.6 Å². The molecule has 1 aromatic heterocycles. The van der Waals surface area contributed by atoms with Gasteiger partial charge in [0, 0.05) is 18.5 Å². The van der Waals surface area contributed by atoms with Gasteiger partial charge in [-0.25, -0.2) is 4.68 Å². The number of hydrogen-bond donors (Lipinski definition) is 2. The van der Waals surface area contributed by atoms with Crippen LogP contribution in [0.15, 0.2) is 24.4 Å². The Labute approximate surface area is 202 Å². The van der Waals surface area contributed by atoms with Gasteiger partial charge in [-0.2, -0.15) is 0 Å². The topological polar surface area (TPSA) is 136 Å². The molecule has 0 aliphatic carbocycles. The first-order valence-electron chi connectivity index (χ1n) is 11.6. The number of aromatic nitrogens is 3. The minimum Gasteiger partial charge on any atom is -0.367 e. The third-order valence-electron chi connectivity index (χ3n) is 6.88. The molecule has 2 fully saturated rings. The molecular weight excluding hydrogens is 452 g/mol. The largest absolute Gasteiger partial charge is 0.367 e. The van der Waals surface area contributed by atoms with Crippen molar-refractivity contribution >= 4 is 23.6 Å². The third kappa shape index (κ3) is 4.20. The molecule has 5 rings (SSSR count). The van der Waals surface area contributed by atoms with E-state index in [4.69, 9.17) is 4.74 Å². The molecule has 11 nitrogen and oxygen atoms in total. The second kappa shape index (κ2) is 7.98. The molecule has 0 spiro atoms. The summed E-state index contributed by atoms with van der Waals surface area (Å²) in [6.07, 6.45) is 2.73. The number of piperidine rings is 1. The fourth-order valence-electron chi connectivity index (χ4n) is 5.22. The maximum Gasteiger partial charge on any atom is 0.273 e. The lowest BCUT2D eigenvalue weighted by Crippen LogP contribution is -2.52. The van der Waals surface area contributed by atoms with Gasteiger partial charge in [-0.1, -0.05) is 5.21 Å². The zero-order valence-corrected chi connectivity index (χ0v) is 20.1. The van der Waals surface area contributed by atoms with Crippen molar-refractivity contribution in [3.8, 4) is 5.69 Å². The van der Waals surface area contributed by atoms with Crippen LogP contribution in [-0.2, 0) is 20.9 Å². The van der Waals surface area contributed by atoms with Crippen LogP contribution < -0.4 is 10.6 Å². The van der Waals surface area contributed by atoms with Gasteiger partial charge in [0.25, 0.3) is 11.8 Å². The Kier molecular flexibility index (Phi) is 5.28. The van der Waals surface area contributed by atoms with Crippen LogP contribution in [-0.4, -0.2) is 66.8 Å². The van der Waals surface area contributed by atoms with E-state index in [9.17, 15) is 19.2 Å². The quantitative estimate of drug-likeness (QED) is 0.626. The summed E-state index contributed by atoms with van der Waals surface area (Å²) in [7, 11) is 0. The lowest BCUT2D eigenvalue weighted by Gasteiger charge is -2.29. The first kappa shape index (κ1) is 23.2. The monoisotopic (exact) mass is 480 g/mol. The summed E-state index contributed by atoms with van der Waals surface area (Å²) in [6, 6.07) is 4.36. The summed E-state index contributed by atoms with van der Waals surface area (Å²) in [5, 5.41) is 13.4. The molecule has 2 aromatic rings. The van der Waals surface area contributed by atoms with Gasteiger partial charge in [-0.15, -0.1) is 5.10 Å². The minimum atomic E-state index is -0.675. The number of rotatable bonds is 4. The number of carbonyl (C=O) groups is 4. The van der Waals surface area contributed by atoms with Crippen LogP contribution >= 0.6 is 0 Å². The van der Waals surface area contributed by atoms with Gasteiger partial charge in [-0.05, 0) is 64.3 Å². The van der Waals surface area contributed by atoms with Crippen molar-refractivity contribution in [2.45, 2.75) is 76.8 Å². The van der Waals surface area contributed by atoms with E-state index in [2.05, 4.69) is 20.9 Å². The van der Waals surface area contributed by atoms with E-state index in [0.717, 1.165) is 5.56 Å². The molecule has 4 heterocycles. The highest BCUT2D eigenvalue weighted by atomic mass is 16.5. The first-order chi connectivity index (χ1) is 16.4. The predicted octanol–water partition coefficient (Wildman–Crippen LogP) is 1.10. The van der Waals surface area contributed by atoms with E-state index in [1.165, 1.54) is 9.58 Å². The highest BCUT2D eigenvalue weighted by Crippen LogP contribution is 2.37. The van der Waals surface area contributed by atoms with Gasteiger partial charge < -0.3 is 15.0 Å². The van der Waals surface area contributed by atoms with Crippen molar-refractivity contribution in [2.75, 3.05) is 0 Å². The molecule has 184 valence electrons. The summed E-state index contributed by atoms with van der Waals surface area (Å²) in [5.74, 6) is -1.36. The zero-order valence-electron chi connectivity index (χ0n) is 20.1. The number of amides is 4. The Morgan fingerprint density at radius 1 is 1.20 bits per heavy atom. The maximum absolute atomic E-state index is 12.9. The van der Waals surface area contributed by atoms with Gasteiger partial charge in [-0.3, -0.25) is 24.5 Å². The van der Waals surface area contributed by atoms with E-state index in [-0.39, 0.29) is 48.0 Å². The molecule has 3 aliphatic rings. The fraction of sp³-hybridized carbons (Fsp3) is 0.500. The summed E-state index contributed by atoms with van der Waals surface area (Å²) in [6.45, 7) is 8.15. The molecule has 0 saturated carbocycles. The van der Waals surface area contributed by atoms with Gasteiger partial charge in [0.15, 0.2) is 5.69 Å². The SMILES string of the molecule is CC1(C)CC(NC(=O)c2cn(-c3ccc4c(c3)CN(C3CCC(=O)NC3=O)C4=O)nn2)C(C)(C)O1. The van der Waals surface area contributed by atoms with Gasteiger partial charge in [0.2, 0.25) is 11.8 Å². The summed E-state index contributed by atoms with van der Waals surface area (Å²) in [5.41, 5.74) is 1.22. The van der Waals surface area contributed by atoms with E-state index in [0.29, 0.717) is 24.1 Å². The van der Waals surface area contributed by atoms with Crippen molar-refractivity contribution < 1.29 is 23.9 Å². The molecule has 2 N–H and O–H groups in total. The summed E-state index contributed by atoms with van der Waals surface area (Å²) < 4.78 is 7.53. The Morgan fingerprint density at radius 2 is 1.97 bits per heavy atom. The number of fused-ring (bicyclic) bond motifs is 1. The molecule has 11 heteroatoms. The van der Waals surface area contributed by atoms with E-state index in [1.54, 1.807) is 24.4 Å². The molecule has 0 bridgehead atoms. The number of nitrogens with zero attached hydrogens (tertiary/aromatic N) is 4. The van der Waals surface area contributed by atoms with Crippen molar-refractivity contribution in [3.63, 3.8) is 0 Å². The smallest absolute Gasteiger partial charge is 0.273 e. The second-order valence-corrected chi connectivity index (χ2v) is 10.5. The number of hydrogen-bond acceptors (Lipinski definition) is 7. The predicted molar refractivity (Wildman–Crippen MR) is 123 cm³/mol. The van der Waals surface area contributed by atoms with E-state index in [1.807, 2.05) is 27.7 Å². The average Bonchev–Trinajstić information content (AvgIpc) is 3.42. The zero-order chi connectivity index (χ0) is 25.1. The van der Waals surface area contributed by atoms with Crippen LogP contribution in [0.1, 0.15) is 73.4 Å². The molecule has 2 unspecified atom stereocenters. The lowest BCUT2D eigenvalue weighted by atomic mass is 9.94. The fourth-order valence-corrected chi connectivity index (χ4v) is 5.22. The van der Waals surface area contributed by atoms with Crippen LogP contribution in [0.4, 0.5) is 0 Å². The van der Waals surface area contributed by atoms with Gasteiger partial charge in [0.1, 0.15) is 6.04 Å². The number of carbonyl (C=O) groups excluding carboxylic acids is 4. The van der Waals surface area contributed by atoms with E-state index >= 15 is 0 Å². The van der Waals surface area contributed by atoms with Gasteiger partial charge >= 0.3 is 0 Å². The number of ether oxygens (including phenoxy) is 1. The number of nitrogens with one attached hydrogen (secondary N) is 2. The molecule has 3 aliphatic heterocycles. The Morgan fingerprint density at radius 3 is 2.66 bits per heavy atom. The van der Waals surface area contributed by atoms with Crippen LogP contribution in [0.25, 0.3) is 5.69 Å². The first-order valence-corrected chi connectivity index (χ1v) is 11.6. The lowest BCUT2D eigenvalue weighted by molar-refractivity contribution is -0.136. The Balaban J connectivity index is 1.31. The van der Waals surface area contributed by atoms with Crippen LogP contribution in [0.5, 0.6) is 0 Å². The summed E-state index contributed by atoms with van der Waals surface area (Å²) >= 11 is 0. The molecule has 2 saturated heterocycles. The normalized spacial score (nSPS) is 24.9. The van der Waals surface area contributed by atoms with Gasteiger partial charge in [0.05, 0.1) is 29.1 Å². The number of benzene rings is 1. The Hall–Kier alpha value is -3.60. The molecule has 2 atom stereocenters. The third-order valence-corrected chi connectivity index (χ3v) is 6.88. The second-order valence-electron chi connectivity index (χ2n) is 10.5. The summed E-state index contributed by atoms with van der Waals surface area (Å²) in [4.78, 5) is 50.9. The van der Waals surface area contributed by atoms with Crippen molar-refractivity contribution in [1.82, 2.24) is 30.5 Å². The molecular formula is C24H28N6O5. The van der Waals surface area contributed by atoms with Crippen molar-refractivity contribution in [1.29, 1.82) is 0 Å². The number of imide groups is 1. The molecule has 0 radical (unpaired) electrons. The molecule has 1 aromatic carbocycles. The standard InChI is InChI=1S/C24H28N6O5/c1-23(2)10-18(24(3,4)35-23)25-20(32)16-12-30(28-27-16)14-5-6-15-13(9-14)11-29(22(15)34)17-7-8-19(31)26-21(17)33/h5-6,9,12,17-18H,7-8,10-11H2,1-4H3,(H,25,32)(H,26,31,33). The van der Waals surface area contributed by atoms with Crippen molar-refractivity contribution in [3.05, 3.63) is 41.2 Å². The molecule has 35 heavy (non-hydrogen) atoms. The average molecular weight is 481 g/mol. The maximum atomic E-state index is 12.9. The molecule has 4 amide bonds. The van der Waals surface area contributed by atoms with Crippen LogP contribution in [0.3, 0.4) is 0 Å². The van der Waals surface area contributed by atoms with Crippen LogP contribution in [0.2, 0.25) is 0 Å². The van der Waals surface area contributed by atoms with Crippen LogP contribution in [0, 0.1) is 0 Å². The van der Waals surface area contributed by atoms with Crippen molar-refractivity contribution in [2.24, 2.45) is 0 Å². The highest BCUT2D eigenvalue weighted by Gasteiger charge is 2.46. The Bertz CT molecular complexity index is 1250.